The maximum atomic E-state index is 5.17. The first-order valence-electron chi connectivity index (χ1n) is 3.43. The summed E-state index contributed by atoms with van der Waals surface area (Å²) >= 11 is 3.30. The lowest BCUT2D eigenvalue weighted by molar-refractivity contribution is 0.117. The summed E-state index contributed by atoms with van der Waals surface area (Å²) in [7, 11) is 0. The van der Waals surface area contributed by atoms with Gasteiger partial charge in [0.15, 0.2) is 12.2 Å². The summed E-state index contributed by atoms with van der Waals surface area (Å²) in [5.41, 5.74) is 0.915. The van der Waals surface area contributed by atoms with Crippen LogP contribution in [0.15, 0.2) is 10.8 Å². The number of ether oxygens (including phenoxy) is 1. The molecule has 0 saturated carbocycles. The van der Waals surface area contributed by atoms with Gasteiger partial charge in [-0.15, -0.1) is 0 Å². The lowest BCUT2D eigenvalue weighted by Crippen LogP contribution is -1.93. The van der Waals surface area contributed by atoms with E-state index in [0.717, 1.165) is 11.5 Å². The molecule has 4 heteroatoms. The molecule has 11 heavy (non-hydrogen) atoms. The first kappa shape index (κ1) is 8.74. The molecule has 1 heterocycles. The smallest absolute Gasteiger partial charge is 0.181 e. The molecule has 3 nitrogen and oxygen atoms in total. The van der Waals surface area contributed by atoms with Crippen molar-refractivity contribution < 1.29 is 9.15 Å². The van der Waals surface area contributed by atoms with Crippen LogP contribution in [0.5, 0.6) is 0 Å². The number of hydrogen-bond donors (Lipinski definition) is 0. The topological polar surface area (TPSA) is 35.3 Å². The summed E-state index contributed by atoms with van der Waals surface area (Å²) < 4.78 is 10.3. The van der Waals surface area contributed by atoms with Gasteiger partial charge in [-0.1, -0.05) is 15.9 Å². The molecular formula is C7H10BrNO2. The van der Waals surface area contributed by atoms with E-state index in [-0.39, 0.29) is 0 Å². The second-order valence-electron chi connectivity index (χ2n) is 1.99. The number of aromatic nitrogens is 1. The van der Waals surface area contributed by atoms with Crippen molar-refractivity contribution in [3.05, 3.63) is 17.8 Å². The maximum Gasteiger partial charge on any atom is 0.181 e. The van der Waals surface area contributed by atoms with E-state index < -0.39 is 0 Å². The highest BCUT2D eigenvalue weighted by atomic mass is 79.9. The average molecular weight is 220 g/mol. The zero-order chi connectivity index (χ0) is 8.10. The van der Waals surface area contributed by atoms with Crippen LogP contribution < -0.4 is 0 Å². The van der Waals surface area contributed by atoms with Crippen molar-refractivity contribution in [1.29, 1.82) is 0 Å². The summed E-state index contributed by atoms with van der Waals surface area (Å²) in [5.74, 6) is 0.809. The van der Waals surface area contributed by atoms with Gasteiger partial charge in [0.05, 0.1) is 5.69 Å². The molecule has 0 N–H and O–H groups in total. The highest BCUT2D eigenvalue weighted by Crippen LogP contribution is 2.11. The van der Waals surface area contributed by atoms with Crippen LogP contribution in [0.4, 0.5) is 0 Å². The normalized spacial score (nSPS) is 10.4. The molecule has 0 aromatic carbocycles. The van der Waals surface area contributed by atoms with Gasteiger partial charge in [0.2, 0.25) is 0 Å². The number of hydrogen-bond acceptors (Lipinski definition) is 3. The summed E-state index contributed by atoms with van der Waals surface area (Å²) in [4.78, 5) is 3.99. The van der Waals surface area contributed by atoms with E-state index in [1.807, 2.05) is 6.92 Å². The van der Waals surface area contributed by atoms with Crippen molar-refractivity contribution in [3.8, 4) is 0 Å². The van der Waals surface area contributed by atoms with E-state index in [2.05, 4.69) is 20.9 Å². The van der Waals surface area contributed by atoms with Gasteiger partial charge in [-0.2, -0.15) is 0 Å². The monoisotopic (exact) mass is 219 g/mol. The predicted octanol–water partition coefficient (Wildman–Crippen LogP) is 2.11. The second kappa shape index (κ2) is 4.51. The SMILES string of the molecule is CCOCc1ocnc1CBr. The summed E-state index contributed by atoms with van der Waals surface area (Å²) in [6.45, 7) is 3.16. The van der Waals surface area contributed by atoms with Gasteiger partial charge in [-0.25, -0.2) is 4.98 Å². The minimum Gasteiger partial charge on any atom is -0.446 e. The van der Waals surface area contributed by atoms with Gasteiger partial charge in [0, 0.05) is 11.9 Å². The van der Waals surface area contributed by atoms with Gasteiger partial charge in [-0.05, 0) is 6.92 Å². The molecule has 0 aliphatic heterocycles. The third-order valence-corrected chi connectivity index (χ3v) is 1.82. The van der Waals surface area contributed by atoms with Crippen molar-refractivity contribution in [1.82, 2.24) is 4.98 Å². The molecule has 0 aliphatic carbocycles. The van der Waals surface area contributed by atoms with E-state index in [1.54, 1.807) is 0 Å². The zero-order valence-electron chi connectivity index (χ0n) is 6.34. The maximum absolute atomic E-state index is 5.17. The quantitative estimate of drug-likeness (QED) is 0.729. The van der Waals surface area contributed by atoms with Crippen molar-refractivity contribution in [2.24, 2.45) is 0 Å². The first-order chi connectivity index (χ1) is 5.38. The van der Waals surface area contributed by atoms with Crippen LogP contribution in [0.1, 0.15) is 18.4 Å². The lowest BCUT2D eigenvalue weighted by atomic mass is 10.4. The van der Waals surface area contributed by atoms with E-state index in [4.69, 9.17) is 9.15 Å². The predicted molar refractivity (Wildman–Crippen MR) is 44.5 cm³/mol. The van der Waals surface area contributed by atoms with Crippen LogP contribution in [0, 0.1) is 0 Å². The summed E-state index contributed by atoms with van der Waals surface area (Å²) in [6, 6.07) is 0. The van der Waals surface area contributed by atoms with Crippen LogP contribution in [-0.2, 0) is 16.7 Å². The Bertz CT molecular complexity index is 212. The molecule has 0 aliphatic rings. The molecule has 1 rings (SSSR count). The van der Waals surface area contributed by atoms with E-state index >= 15 is 0 Å². The highest BCUT2D eigenvalue weighted by Gasteiger charge is 2.05. The van der Waals surface area contributed by atoms with Gasteiger partial charge < -0.3 is 9.15 Å². The molecule has 0 atom stereocenters. The van der Waals surface area contributed by atoms with Gasteiger partial charge in [-0.3, -0.25) is 0 Å². The fraction of sp³-hybridized carbons (Fsp3) is 0.571. The number of rotatable bonds is 4. The number of nitrogens with zero attached hydrogens (tertiary/aromatic N) is 1. The first-order valence-corrected chi connectivity index (χ1v) is 4.55. The molecule has 1 aromatic heterocycles. The number of oxazole rings is 1. The van der Waals surface area contributed by atoms with Gasteiger partial charge in [0.1, 0.15) is 6.61 Å². The Morgan fingerprint density at radius 3 is 3.18 bits per heavy atom. The Labute approximate surface area is 73.9 Å². The fourth-order valence-corrected chi connectivity index (χ4v) is 1.17. The van der Waals surface area contributed by atoms with Gasteiger partial charge in [0.25, 0.3) is 0 Å². The molecule has 62 valence electrons. The Morgan fingerprint density at radius 1 is 1.73 bits per heavy atom. The van der Waals surface area contributed by atoms with Crippen LogP contribution >= 0.6 is 15.9 Å². The lowest BCUT2D eigenvalue weighted by Gasteiger charge is -1.97. The molecule has 0 unspecified atom stereocenters. The number of halogens is 1. The van der Waals surface area contributed by atoms with Crippen LogP contribution in [0.3, 0.4) is 0 Å². The molecule has 1 aromatic rings. The Kier molecular flexibility index (Phi) is 3.59. The van der Waals surface area contributed by atoms with Crippen LogP contribution in [-0.4, -0.2) is 11.6 Å². The number of alkyl halides is 1. The Morgan fingerprint density at radius 2 is 2.55 bits per heavy atom. The van der Waals surface area contributed by atoms with Crippen LogP contribution in [0.2, 0.25) is 0 Å². The van der Waals surface area contributed by atoms with E-state index in [9.17, 15) is 0 Å². The molecule has 0 fully saturated rings. The minimum atomic E-state index is 0.511. The molecule has 0 radical (unpaired) electrons. The highest BCUT2D eigenvalue weighted by molar-refractivity contribution is 9.08. The van der Waals surface area contributed by atoms with Crippen molar-refractivity contribution in [3.63, 3.8) is 0 Å². The van der Waals surface area contributed by atoms with Crippen molar-refractivity contribution >= 4 is 15.9 Å². The second-order valence-corrected chi connectivity index (χ2v) is 2.55. The molecule has 0 spiro atoms. The van der Waals surface area contributed by atoms with Gasteiger partial charge >= 0.3 is 0 Å². The molecule has 0 amide bonds. The third-order valence-electron chi connectivity index (χ3n) is 1.29. The minimum absolute atomic E-state index is 0.511. The van der Waals surface area contributed by atoms with Crippen LogP contribution in [0.25, 0.3) is 0 Å². The van der Waals surface area contributed by atoms with Crippen molar-refractivity contribution in [2.45, 2.75) is 18.9 Å². The zero-order valence-corrected chi connectivity index (χ0v) is 7.93. The molecular weight excluding hydrogens is 210 g/mol. The standard InChI is InChI=1S/C7H10BrNO2/c1-2-10-4-7-6(3-8)9-5-11-7/h5H,2-4H2,1H3. The summed E-state index contributed by atoms with van der Waals surface area (Å²) in [6.07, 6.45) is 1.44. The van der Waals surface area contributed by atoms with E-state index in [0.29, 0.717) is 18.5 Å². The third kappa shape index (κ3) is 2.31. The molecule has 0 saturated heterocycles. The van der Waals surface area contributed by atoms with E-state index in [1.165, 1.54) is 6.39 Å². The Hall–Kier alpha value is -0.350. The summed E-state index contributed by atoms with van der Waals surface area (Å²) in [5, 5.41) is 0.714. The van der Waals surface area contributed by atoms with Crippen molar-refractivity contribution in [2.75, 3.05) is 6.61 Å². The molecule has 0 bridgehead atoms. The Balaban J connectivity index is 2.54. The fourth-order valence-electron chi connectivity index (χ4n) is 0.715. The average Bonchev–Trinajstić information content (AvgIpc) is 2.47. The largest absolute Gasteiger partial charge is 0.446 e.